The number of rotatable bonds is 28. The second-order valence-electron chi connectivity index (χ2n) is 19.7. The van der Waals surface area contributed by atoms with Gasteiger partial charge in [0.1, 0.15) is 36.6 Å². The van der Waals surface area contributed by atoms with Gasteiger partial charge in [-0.15, -0.1) is 0 Å². The van der Waals surface area contributed by atoms with Gasteiger partial charge in [-0.3, -0.25) is 0 Å². The van der Waals surface area contributed by atoms with Crippen molar-refractivity contribution in [2.24, 2.45) is 0 Å². The standard InChI is InChI=1S/C60H74O10Si/c1-60(2,3)71(4,5)68-37-36-53(64-40-48-28-16-8-17-29-48)55(52(61)44-62-38-46-24-12-6-13-25-46)70-59-58(67-43-51-34-22-11-23-35-51)57(66-42-50-32-20-10-21-33-50)56(65-41-49-30-18-9-19-31-49)54(69-59)45-63-39-47-26-14-7-15-27-47/h6-35,52-59,61H,36-45H2,1-5H3/t52-,53-,54-,55-,56-,57+,58-,59+/m1/s1. The van der Waals surface area contributed by atoms with Crippen molar-refractivity contribution in [2.45, 2.75) is 134 Å². The molecule has 0 radical (unpaired) electrons. The van der Waals surface area contributed by atoms with Crippen molar-refractivity contribution >= 4 is 8.32 Å². The summed E-state index contributed by atoms with van der Waals surface area (Å²) in [5.74, 6) is 0. The van der Waals surface area contributed by atoms with E-state index in [1.165, 1.54) is 0 Å². The molecular weight excluding hydrogens is 909 g/mol. The third-order valence-electron chi connectivity index (χ3n) is 13.3. The summed E-state index contributed by atoms with van der Waals surface area (Å²) < 4.78 is 61.9. The average molecular weight is 983 g/mol. The number of ether oxygens (including phenoxy) is 8. The third-order valence-corrected chi connectivity index (χ3v) is 17.8. The van der Waals surface area contributed by atoms with Crippen LogP contribution in [0.15, 0.2) is 182 Å². The molecule has 1 N–H and O–H groups in total. The van der Waals surface area contributed by atoms with E-state index in [-0.39, 0.29) is 44.7 Å². The first-order valence-corrected chi connectivity index (χ1v) is 27.9. The lowest BCUT2D eigenvalue weighted by atomic mass is 9.97. The molecule has 71 heavy (non-hydrogen) atoms. The van der Waals surface area contributed by atoms with Crippen molar-refractivity contribution in [3.63, 3.8) is 0 Å². The molecule has 378 valence electrons. The summed E-state index contributed by atoms with van der Waals surface area (Å²) in [6.07, 6.45) is -6.55. The Morgan fingerprint density at radius 2 is 0.901 bits per heavy atom. The number of aliphatic hydroxyl groups is 1. The van der Waals surface area contributed by atoms with E-state index in [1.807, 2.05) is 182 Å². The summed E-state index contributed by atoms with van der Waals surface area (Å²) in [5.41, 5.74) is 5.93. The summed E-state index contributed by atoms with van der Waals surface area (Å²) >= 11 is 0. The fraction of sp³-hybridized carbons (Fsp3) is 0.400. The van der Waals surface area contributed by atoms with Crippen LogP contribution in [0.1, 0.15) is 60.6 Å². The molecule has 6 aromatic rings. The van der Waals surface area contributed by atoms with Crippen LogP contribution in [0.3, 0.4) is 0 Å². The van der Waals surface area contributed by atoms with Crippen molar-refractivity contribution in [3.8, 4) is 0 Å². The fourth-order valence-corrected chi connectivity index (χ4v) is 9.23. The van der Waals surface area contributed by atoms with Gasteiger partial charge in [-0.1, -0.05) is 203 Å². The molecule has 0 amide bonds. The van der Waals surface area contributed by atoms with Crippen molar-refractivity contribution < 1.29 is 47.4 Å². The minimum Gasteiger partial charge on any atom is -0.417 e. The smallest absolute Gasteiger partial charge is 0.191 e. The third kappa shape index (κ3) is 17.1. The highest BCUT2D eigenvalue weighted by Gasteiger charge is 2.51. The lowest BCUT2D eigenvalue weighted by molar-refractivity contribution is -0.347. The van der Waals surface area contributed by atoms with Crippen LogP contribution in [0.2, 0.25) is 18.1 Å². The van der Waals surface area contributed by atoms with E-state index < -0.39 is 57.3 Å². The minimum atomic E-state index is -2.18. The van der Waals surface area contributed by atoms with Crippen LogP contribution in [0, 0.1) is 0 Å². The predicted molar refractivity (Wildman–Crippen MR) is 280 cm³/mol. The van der Waals surface area contributed by atoms with Crippen molar-refractivity contribution in [1.82, 2.24) is 0 Å². The predicted octanol–water partition coefficient (Wildman–Crippen LogP) is 11.6. The SMILES string of the molecule is CC(C)(C)[Si](C)(C)OCC[C@@H](OCc1ccccc1)[C@H](O[C@@H]1O[C@H](COCc2ccccc2)[C@@H](OCc2ccccc2)[C@H](OCc2ccccc2)[C@H]1OCc1ccccc1)[C@H](O)COCc1ccccc1. The molecule has 6 aromatic carbocycles. The second kappa shape index (κ2) is 27.8. The van der Waals surface area contributed by atoms with Gasteiger partial charge >= 0.3 is 0 Å². The number of aliphatic hydroxyl groups excluding tert-OH is 1. The quantitative estimate of drug-likeness (QED) is 0.0478. The summed E-state index contributed by atoms with van der Waals surface area (Å²) in [5, 5.41) is 12.5. The highest BCUT2D eigenvalue weighted by atomic mass is 28.4. The van der Waals surface area contributed by atoms with E-state index in [0.717, 1.165) is 33.4 Å². The fourth-order valence-electron chi connectivity index (χ4n) is 8.17. The molecule has 0 aromatic heterocycles. The molecule has 10 nitrogen and oxygen atoms in total. The lowest BCUT2D eigenvalue weighted by Crippen LogP contribution is -2.63. The van der Waals surface area contributed by atoms with Gasteiger partial charge in [0.05, 0.1) is 59.0 Å². The van der Waals surface area contributed by atoms with Crippen LogP contribution < -0.4 is 0 Å². The molecule has 1 aliphatic heterocycles. The molecule has 0 saturated carbocycles. The van der Waals surface area contributed by atoms with Crippen molar-refractivity contribution in [1.29, 1.82) is 0 Å². The Labute approximate surface area is 423 Å². The van der Waals surface area contributed by atoms with Gasteiger partial charge in [0.25, 0.3) is 0 Å². The Morgan fingerprint density at radius 1 is 0.507 bits per heavy atom. The molecule has 1 aliphatic rings. The van der Waals surface area contributed by atoms with E-state index in [2.05, 4.69) is 33.9 Å². The largest absolute Gasteiger partial charge is 0.417 e. The molecular formula is C60H74O10Si. The van der Waals surface area contributed by atoms with Gasteiger partial charge in [-0.25, -0.2) is 0 Å². The molecule has 0 bridgehead atoms. The Morgan fingerprint density at radius 3 is 1.35 bits per heavy atom. The molecule has 1 fully saturated rings. The van der Waals surface area contributed by atoms with Crippen LogP contribution in [-0.2, 0) is 82.0 Å². The molecule has 1 heterocycles. The van der Waals surface area contributed by atoms with Gasteiger partial charge < -0.3 is 47.4 Å². The van der Waals surface area contributed by atoms with Crippen LogP contribution in [0.25, 0.3) is 0 Å². The van der Waals surface area contributed by atoms with Gasteiger partial charge in [-0.2, -0.15) is 0 Å². The molecule has 0 unspecified atom stereocenters. The van der Waals surface area contributed by atoms with E-state index in [0.29, 0.717) is 26.2 Å². The highest BCUT2D eigenvalue weighted by molar-refractivity contribution is 6.74. The van der Waals surface area contributed by atoms with Gasteiger partial charge in [0.15, 0.2) is 14.6 Å². The van der Waals surface area contributed by atoms with E-state index in [9.17, 15) is 5.11 Å². The highest BCUT2D eigenvalue weighted by Crippen LogP contribution is 2.37. The maximum Gasteiger partial charge on any atom is 0.191 e. The van der Waals surface area contributed by atoms with E-state index >= 15 is 0 Å². The van der Waals surface area contributed by atoms with E-state index in [1.54, 1.807) is 0 Å². The number of hydrogen-bond donors (Lipinski definition) is 1. The first-order chi connectivity index (χ1) is 34.5. The Kier molecular flexibility index (Phi) is 21.1. The summed E-state index contributed by atoms with van der Waals surface area (Å²) in [7, 11) is -2.18. The molecule has 0 aliphatic carbocycles. The molecule has 8 atom stereocenters. The normalized spacial score (nSPS) is 19.8. The molecule has 11 heteroatoms. The molecule has 7 rings (SSSR count). The second-order valence-corrected chi connectivity index (χ2v) is 24.5. The zero-order valence-electron chi connectivity index (χ0n) is 42.1. The zero-order chi connectivity index (χ0) is 49.7. The van der Waals surface area contributed by atoms with Gasteiger partial charge in [-0.05, 0) is 57.9 Å². The maximum atomic E-state index is 12.5. The molecule has 0 spiro atoms. The van der Waals surface area contributed by atoms with Crippen LogP contribution in [0.5, 0.6) is 0 Å². The summed E-state index contributed by atoms with van der Waals surface area (Å²) in [6, 6.07) is 60.1. The Bertz CT molecular complexity index is 2340. The summed E-state index contributed by atoms with van der Waals surface area (Å²) in [6.45, 7) is 13.4. The number of benzene rings is 6. The maximum absolute atomic E-state index is 12.5. The monoisotopic (exact) mass is 983 g/mol. The van der Waals surface area contributed by atoms with Crippen LogP contribution >= 0.6 is 0 Å². The lowest BCUT2D eigenvalue weighted by Gasteiger charge is -2.47. The average Bonchev–Trinajstić information content (AvgIpc) is 3.39. The van der Waals surface area contributed by atoms with Crippen LogP contribution in [0.4, 0.5) is 0 Å². The van der Waals surface area contributed by atoms with Crippen LogP contribution in [-0.4, -0.2) is 82.3 Å². The first kappa shape index (κ1) is 53.9. The number of hydrogen-bond acceptors (Lipinski definition) is 10. The minimum absolute atomic E-state index is 0.0151. The summed E-state index contributed by atoms with van der Waals surface area (Å²) in [4.78, 5) is 0. The Balaban J connectivity index is 1.27. The zero-order valence-corrected chi connectivity index (χ0v) is 43.1. The molecule has 1 saturated heterocycles. The topological polar surface area (TPSA) is 103 Å². The van der Waals surface area contributed by atoms with Crippen molar-refractivity contribution in [2.75, 3.05) is 19.8 Å². The Hall–Kier alpha value is -4.86. The first-order valence-electron chi connectivity index (χ1n) is 25.0. The van der Waals surface area contributed by atoms with Gasteiger partial charge in [0, 0.05) is 6.61 Å². The van der Waals surface area contributed by atoms with E-state index in [4.69, 9.17) is 42.3 Å². The van der Waals surface area contributed by atoms with Gasteiger partial charge in [0.2, 0.25) is 0 Å². The van der Waals surface area contributed by atoms with Crippen molar-refractivity contribution in [3.05, 3.63) is 215 Å².